The second-order valence-electron chi connectivity index (χ2n) is 7.26. The minimum absolute atomic E-state index is 0.0852. The minimum atomic E-state index is -1.07. The van der Waals surface area contributed by atoms with Crippen molar-refractivity contribution < 1.29 is 35.7 Å². The summed E-state index contributed by atoms with van der Waals surface area (Å²) in [5.74, 6) is -2.18. The molecular weight excluding hydrogens is 388 g/mol. The van der Waals surface area contributed by atoms with Gasteiger partial charge in [0.25, 0.3) is 0 Å². The average Bonchev–Trinajstić information content (AvgIpc) is 2.75. The predicted molar refractivity (Wildman–Crippen MR) is 111 cm³/mol. The van der Waals surface area contributed by atoms with Gasteiger partial charge in [-0.2, -0.15) is 0 Å². The van der Waals surface area contributed by atoms with E-state index in [1.165, 1.54) is 12.1 Å². The number of rotatable bonds is 13. The molecule has 2 rings (SSSR count). The fraction of sp³-hybridized carbons (Fsp3) is 0.364. The van der Waals surface area contributed by atoms with Gasteiger partial charge in [-0.15, -0.1) is 0 Å². The first-order valence-corrected chi connectivity index (χ1v) is 9.57. The van der Waals surface area contributed by atoms with Gasteiger partial charge in [-0.05, 0) is 60.1 Å². The number of aromatic hydroxyl groups is 2. The summed E-state index contributed by atoms with van der Waals surface area (Å²) in [6.45, 7) is 0. The summed E-state index contributed by atoms with van der Waals surface area (Å²) in [4.78, 5) is 21.7. The van der Waals surface area contributed by atoms with Crippen molar-refractivity contribution in [1.29, 1.82) is 0 Å². The molecule has 8 nitrogen and oxygen atoms in total. The van der Waals surface area contributed by atoms with Crippen molar-refractivity contribution in [3.05, 3.63) is 58.7 Å². The Labute approximate surface area is 180 Å². The molecule has 8 heteroatoms. The van der Waals surface area contributed by atoms with Gasteiger partial charge >= 0.3 is 11.9 Å². The third-order valence-electron chi connectivity index (χ3n) is 4.85. The van der Waals surface area contributed by atoms with Gasteiger partial charge in [-0.3, -0.25) is 9.59 Å². The lowest BCUT2D eigenvalue weighted by atomic mass is 9.92. The van der Waals surface area contributed by atoms with Crippen LogP contribution in [0.2, 0.25) is 5.65 Å². The summed E-state index contributed by atoms with van der Waals surface area (Å²) in [5, 5.41) is 38.4. The molecule has 0 fully saturated rings. The molecule has 0 aromatic heterocycles. The smallest absolute Gasteiger partial charge is 0.303 e. The van der Waals surface area contributed by atoms with E-state index in [0.717, 1.165) is 0 Å². The molecule has 2 unspecified atom stereocenters. The molecule has 0 aliphatic carbocycles. The average molecular weight is 420 g/mol. The highest BCUT2D eigenvalue weighted by molar-refractivity contribution is 5.67. The number of hydrogen-bond donors (Lipinski definition) is 6. The molecule has 2 aromatic carbocycles. The molecule has 2 atom stereocenters. The number of carbonyl (C=O) groups is 2. The Morgan fingerprint density at radius 1 is 0.800 bits per heavy atom. The number of aryl methyl sites for hydroxylation is 2. The van der Waals surface area contributed by atoms with E-state index in [0.29, 0.717) is 33.7 Å². The van der Waals surface area contributed by atoms with Gasteiger partial charge in [0.1, 0.15) is 17.1 Å². The molecule has 0 aliphatic rings. The summed E-state index contributed by atoms with van der Waals surface area (Å²) in [6, 6.07) is 6.96. The van der Waals surface area contributed by atoms with Gasteiger partial charge in [-0.1, -0.05) is 24.3 Å². The van der Waals surface area contributed by atoms with Gasteiger partial charge in [0.15, 0.2) is 0 Å². The number of carboxylic acids is 2. The van der Waals surface area contributed by atoms with Crippen LogP contribution in [0.4, 0.5) is 0 Å². The van der Waals surface area contributed by atoms with Crippen LogP contribution in [0.25, 0.3) is 0 Å². The van der Waals surface area contributed by atoms with Crippen LogP contribution in [0.5, 0.6) is 11.5 Å². The Kier molecular flexibility index (Phi) is 6.27. The molecule has 8 N–H and O–H groups in total. The highest BCUT2D eigenvalue weighted by Gasteiger charge is 2.18. The van der Waals surface area contributed by atoms with E-state index in [2.05, 4.69) is 0 Å². The molecule has 0 saturated heterocycles. The Hall–Kier alpha value is -3.10. The maximum absolute atomic E-state index is 10.9. The maximum Gasteiger partial charge on any atom is 0.303 e. The first kappa shape index (κ1) is 17.7. The molecule has 162 valence electrons. The van der Waals surface area contributed by atoms with Crippen LogP contribution >= 0.6 is 0 Å². The summed E-state index contributed by atoms with van der Waals surface area (Å²) < 4.78 is 31.5. The quantitative estimate of drug-likeness (QED) is 0.284. The fourth-order valence-electron chi connectivity index (χ4n) is 3.14. The highest BCUT2D eigenvalue weighted by atomic mass is 16.4. The van der Waals surface area contributed by atoms with Crippen molar-refractivity contribution in [1.82, 2.24) is 0 Å². The number of aliphatic carboxylic acids is 2. The zero-order chi connectivity index (χ0) is 25.4. The second kappa shape index (κ2) is 10.6. The van der Waals surface area contributed by atoms with Crippen LogP contribution in [0, 0.1) is 0 Å². The molecule has 0 aliphatic heterocycles. The van der Waals surface area contributed by atoms with Crippen molar-refractivity contribution in [2.24, 2.45) is 11.4 Å². The van der Waals surface area contributed by atoms with E-state index >= 15 is 0 Å². The first-order chi connectivity index (χ1) is 16.0. The number of carboxylic acid groups (broad SMARTS) is 2. The molecular formula is C22H28N2O6. The van der Waals surface area contributed by atoms with Crippen LogP contribution in [0.1, 0.15) is 35.1 Å². The van der Waals surface area contributed by atoms with E-state index in [9.17, 15) is 19.8 Å². The van der Waals surface area contributed by atoms with Crippen molar-refractivity contribution in [3.8, 4) is 11.5 Å². The molecule has 30 heavy (non-hydrogen) atoms. The summed E-state index contributed by atoms with van der Waals surface area (Å²) in [5.41, 5.74) is 2.64. The Balaban J connectivity index is 2.30. The van der Waals surface area contributed by atoms with Crippen molar-refractivity contribution in [2.75, 3.05) is 0 Å². The van der Waals surface area contributed by atoms with Crippen LogP contribution in [0.3, 0.4) is 0 Å². The summed E-state index contributed by atoms with van der Waals surface area (Å²) in [6.07, 6.45) is 0.0641. The van der Waals surface area contributed by atoms with E-state index < -0.39 is 24.0 Å². The van der Waals surface area contributed by atoms with Crippen molar-refractivity contribution >= 4 is 11.9 Å². The zero-order valence-electron chi connectivity index (χ0n) is 20.4. The molecule has 0 spiro atoms. The normalized spacial score (nSPS) is 15.1. The summed E-state index contributed by atoms with van der Waals surface area (Å²) in [7, 11) is 0. The fourth-order valence-corrected chi connectivity index (χ4v) is 3.14. The zero-order valence-corrected chi connectivity index (χ0v) is 16.4. The van der Waals surface area contributed by atoms with Crippen molar-refractivity contribution in [2.45, 2.75) is 50.6 Å². The third-order valence-corrected chi connectivity index (χ3v) is 4.85. The maximum atomic E-state index is 10.9. The van der Waals surface area contributed by atoms with Crippen LogP contribution in [-0.4, -0.2) is 44.4 Å². The minimum Gasteiger partial charge on any atom is -0.508 e. The number of benzene rings is 2. The first-order valence-electron chi connectivity index (χ1n) is 11.4. The molecule has 0 heterocycles. The number of nitrogens with two attached hydrogens (primary N) is 2. The largest absolute Gasteiger partial charge is 0.508 e. The molecule has 2 aromatic rings. The van der Waals surface area contributed by atoms with Gasteiger partial charge in [0.05, 0.1) is 0 Å². The Morgan fingerprint density at radius 2 is 1.20 bits per heavy atom. The van der Waals surface area contributed by atoms with E-state index in [1.807, 2.05) is 0 Å². The molecule has 0 saturated carbocycles. The van der Waals surface area contributed by atoms with E-state index in [-0.39, 0.29) is 50.0 Å². The second-order valence-corrected chi connectivity index (χ2v) is 7.26. The lowest BCUT2D eigenvalue weighted by Crippen LogP contribution is -2.44. The topological polar surface area (TPSA) is 167 Å². The molecule has 0 amide bonds. The third kappa shape index (κ3) is 7.06. The Morgan fingerprint density at radius 3 is 1.53 bits per heavy atom. The molecule has 0 radical (unpaired) electrons. The number of hydrogen-bond acceptors (Lipinski definition) is 6. The lowest BCUT2D eigenvalue weighted by molar-refractivity contribution is -0.138. The molecule has 0 bridgehead atoms. The van der Waals surface area contributed by atoms with E-state index in [1.54, 1.807) is 24.3 Å². The summed E-state index contributed by atoms with van der Waals surface area (Å²) >= 11 is 0. The van der Waals surface area contributed by atoms with Gasteiger partial charge in [0.2, 0.25) is 0 Å². The van der Waals surface area contributed by atoms with Gasteiger partial charge in [-0.25, -0.2) is 0 Å². The van der Waals surface area contributed by atoms with Crippen LogP contribution in [-0.2, 0) is 35.3 Å². The monoisotopic (exact) mass is 420 g/mol. The van der Waals surface area contributed by atoms with Crippen LogP contribution < -0.4 is 11.4 Å². The number of phenolic OH excluding ortho intramolecular Hbond substituents is 2. The number of phenols is 2. The Bertz CT molecular complexity index is 926. The predicted octanol–water partition coefficient (Wildman–Crippen LogP) is 1.57. The van der Waals surface area contributed by atoms with Crippen LogP contribution in [0.15, 0.2) is 36.4 Å². The highest BCUT2D eigenvalue weighted by Crippen LogP contribution is 2.24. The standard InChI is InChI=1S/C22H28N2O6/c23-17(11-15-9-13(1-5-19(15)25)3-7-21(27)28)18(24)12-16-10-14(2-6-20(16)26)4-8-22(29)30/h1-2,5-6,9-10,17-18,25-26H,3-4,7-8,11-12,23-24H2,(H,27,28)(H,29,30)/i/hD4. The lowest BCUT2D eigenvalue weighted by Gasteiger charge is -2.21. The SMILES string of the molecule is [2H]N([2H])C(Cc1cc(CCC(=O)O)ccc1O)C(Cc1cc(CCC(=O)O)ccc1O)N([2H])[2H]. The van der Waals surface area contributed by atoms with E-state index in [4.69, 9.17) is 15.9 Å². The van der Waals surface area contributed by atoms with Crippen molar-refractivity contribution in [3.63, 3.8) is 0 Å². The van der Waals surface area contributed by atoms with Gasteiger partial charge in [0, 0.05) is 24.9 Å². The van der Waals surface area contributed by atoms with Gasteiger partial charge < -0.3 is 31.9 Å².